The highest BCUT2D eigenvalue weighted by molar-refractivity contribution is 7.89. The van der Waals surface area contributed by atoms with Gasteiger partial charge in [0.2, 0.25) is 10.0 Å². The molecule has 0 unspecified atom stereocenters. The normalized spacial score (nSPS) is 11.6. The third-order valence-corrected chi connectivity index (χ3v) is 4.79. The number of terminal acetylenes is 1. The summed E-state index contributed by atoms with van der Waals surface area (Å²) in [5.74, 6) is -0.382. The zero-order chi connectivity index (χ0) is 16.0. The van der Waals surface area contributed by atoms with E-state index in [4.69, 9.17) is 6.42 Å². The molecule has 1 aromatic carbocycles. The van der Waals surface area contributed by atoms with Gasteiger partial charge in [-0.05, 0) is 24.2 Å². The molecule has 0 aromatic heterocycles. The summed E-state index contributed by atoms with van der Waals surface area (Å²) in [7, 11) is -4.17. The maximum Gasteiger partial charge on any atom is 0.246 e. The lowest BCUT2D eigenvalue weighted by atomic mass is 10.2. The van der Waals surface area contributed by atoms with Crippen molar-refractivity contribution in [1.82, 2.24) is 9.62 Å². The molecular formula is C14H18F2N2O2S. The van der Waals surface area contributed by atoms with Gasteiger partial charge in [0.25, 0.3) is 0 Å². The number of rotatable bonds is 7. The number of hydrogen-bond donors (Lipinski definition) is 1. The van der Waals surface area contributed by atoms with E-state index < -0.39 is 26.6 Å². The molecule has 0 aliphatic heterocycles. The highest BCUT2D eigenvalue weighted by Gasteiger charge is 2.28. The topological polar surface area (TPSA) is 49.4 Å². The van der Waals surface area contributed by atoms with Gasteiger partial charge < -0.3 is 5.32 Å². The average molecular weight is 316 g/mol. The van der Waals surface area contributed by atoms with Crippen molar-refractivity contribution in [2.75, 3.05) is 19.6 Å². The van der Waals surface area contributed by atoms with Gasteiger partial charge in [0.1, 0.15) is 4.90 Å². The standard InChI is InChI=1S/C14H18F2N2O2S/c1-4-7-18(6-3)21(19,20)13-9-11(10-17-5-2)8-12(15)14(13)16/h1,8-9,17H,5-7,10H2,2-3H3. The van der Waals surface area contributed by atoms with Crippen molar-refractivity contribution in [2.24, 2.45) is 0 Å². The molecular weight excluding hydrogens is 298 g/mol. The fraction of sp³-hybridized carbons (Fsp3) is 0.429. The Morgan fingerprint density at radius 2 is 2.00 bits per heavy atom. The molecule has 0 radical (unpaired) electrons. The van der Waals surface area contributed by atoms with Crippen LogP contribution in [0.4, 0.5) is 8.78 Å². The fourth-order valence-corrected chi connectivity index (χ4v) is 3.27. The number of halogens is 2. The zero-order valence-electron chi connectivity index (χ0n) is 12.0. The molecule has 0 aliphatic carbocycles. The van der Waals surface area contributed by atoms with Gasteiger partial charge in [0, 0.05) is 13.1 Å². The van der Waals surface area contributed by atoms with E-state index in [1.54, 1.807) is 6.92 Å². The number of benzene rings is 1. The summed E-state index contributed by atoms with van der Waals surface area (Å²) in [5.41, 5.74) is 0.353. The summed E-state index contributed by atoms with van der Waals surface area (Å²) < 4.78 is 53.1. The first-order valence-corrected chi connectivity index (χ1v) is 7.94. The quantitative estimate of drug-likeness (QED) is 0.779. The molecule has 7 heteroatoms. The molecule has 1 rings (SSSR count). The lowest BCUT2D eigenvalue weighted by molar-refractivity contribution is 0.444. The zero-order valence-corrected chi connectivity index (χ0v) is 12.8. The van der Waals surface area contributed by atoms with Gasteiger partial charge in [0.05, 0.1) is 6.54 Å². The van der Waals surface area contributed by atoms with Crippen LogP contribution in [-0.4, -0.2) is 32.4 Å². The van der Waals surface area contributed by atoms with Crippen LogP contribution in [0.2, 0.25) is 0 Å². The molecule has 0 heterocycles. The van der Waals surface area contributed by atoms with E-state index in [1.165, 1.54) is 0 Å². The minimum absolute atomic E-state index is 0.0744. The van der Waals surface area contributed by atoms with Crippen LogP contribution in [-0.2, 0) is 16.6 Å². The highest BCUT2D eigenvalue weighted by Crippen LogP contribution is 2.23. The Labute approximate surface area is 124 Å². The van der Waals surface area contributed by atoms with Gasteiger partial charge in [-0.15, -0.1) is 6.42 Å². The minimum Gasteiger partial charge on any atom is -0.313 e. The Morgan fingerprint density at radius 3 is 2.52 bits per heavy atom. The van der Waals surface area contributed by atoms with Crippen LogP contribution in [0.1, 0.15) is 19.4 Å². The Bertz CT molecular complexity index is 639. The molecule has 4 nitrogen and oxygen atoms in total. The van der Waals surface area contributed by atoms with Crippen LogP contribution >= 0.6 is 0 Å². The highest BCUT2D eigenvalue weighted by atomic mass is 32.2. The molecule has 0 spiro atoms. The monoisotopic (exact) mass is 316 g/mol. The summed E-state index contributed by atoms with van der Waals surface area (Å²) >= 11 is 0. The van der Waals surface area contributed by atoms with Gasteiger partial charge in [-0.3, -0.25) is 0 Å². The van der Waals surface area contributed by atoms with E-state index in [2.05, 4.69) is 11.2 Å². The molecule has 0 aliphatic rings. The fourth-order valence-electron chi connectivity index (χ4n) is 1.78. The van der Waals surface area contributed by atoms with Gasteiger partial charge >= 0.3 is 0 Å². The lowest BCUT2D eigenvalue weighted by Crippen LogP contribution is -2.32. The van der Waals surface area contributed by atoms with Crippen LogP contribution in [0.25, 0.3) is 0 Å². The van der Waals surface area contributed by atoms with Crippen LogP contribution in [0.3, 0.4) is 0 Å². The van der Waals surface area contributed by atoms with Crippen LogP contribution < -0.4 is 5.32 Å². The first-order chi connectivity index (χ1) is 9.88. The Morgan fingerprint density at radius 1 is 1.33 bits per heavy atom. The molecule has 0 saturated carbocycles. The second-order valence-corrected chi connectivity index (χ2v) is 6.21. The van der Waals surface area contributed by atoms with Gasteiger partial charge in [-0.25, -0.2) is 17.2 Å². The molecule has 0 amide bonds. The number of hydrogen-bond acceptors (Lipinski definition) is 3. The Balaban J connectivity index is 3.33. The smallest absolute Gasteiger partial charge is 0.246 e. The molecule has 1 aromatic rings. The summed E-state index contributed by atoms with van der Waals surface area (Å²) in [6.45, 7) is 4.17. The summed E-state index contributed by atoms with van der Waals surface area (Å²) in [6.07, 6.45) is 5.11. The lowest BCUT2D eigenvalue weighted by Gasteiger charge is -2.19. The van der Waals surface area contributed by atoms with Crippen molar-refractivity contribution < 1.29 is 17.2 Å². The van der Waals surface area contributed by atoms with E-state index in [-0.39, 0.29) is 19.6 Å². The van der Waals surface area contributed by atoms with E-state index in [9.17, 15) is 17.2 Å². The predicted octanol–water partition coefficient (Wildman–Crippen LogP) is 1.72. The average Bonchev–Trinajstić information content (AvgIpc) is 2.45. The summed E-state index contributed by atoms with van der Waals surface area (Å²) in [5, 5.41) is 2.93. The van der Waals surface area contributed by atoms with Crippen molar-refractivity contribution in [3.8, 4) is 12.3 Å². The Kier molecular flexibility index (Phi) is 6.27. The third kappa shape index (κ3) is 4.00. The number of nitrogens with zero attached hydrogens (tertiary/aromatic N) is 1. The summed E-state index contributed by atoms with van der Waals surface area (Å²) in [4.78, 5) is -0.687. The molecule has 21 heavy (non-hydrogen) atoms. The van der Waals surface area contributed by atoms with Crippen molar-refractivity contribution >= 4 is 10.0 Å². The van der Waals surface area contributed by atoms with Crippen molar-refractivity contribution in [2.45, 2.75) is 25.3 Å². The largest absolute Gasteiger partial charge is 0.313 e. The van der Waals surface area contributed by atoms with Crippen molar-refractivity contribution in [1.29, 1.82) is 0 Å². The molecule has 1 N–H and O–H groups in total. The number of sulfonamides is 1. The first kappa shape index (κ1) is 17.6. The van der Waals surface area contributed by atoms with E-state index in [0.717, 1.165) is 16.4 Å². The van der Waals surface area contributed by atoms with Crippen LogP contribution in [0, 0.1) is 24.0 Å². The van der Waals surface area contributed by atoms with Gasteiger partial charge in [-0.2, -0.15) is 4.31 Å². The first-order valence-electron chi connectivity index (χ1n) is 6.50. The molecule has 0 fully saturated rings. The van der Waals surface area contributed by atoms with Crippen molar-refractivity contribution in [3.63, 3.8) is 0 Å². The van der Waals surface area contributed by atoms with Crippen molar-refractivity contribution in [3.05, 3.63) is 29.3 Å². The minimum atomic E-state index is -4.17. The van der Waals surface area contributed by atoms with Crippen LogP contribution in [0.15, 0.2) is 17.0 Å². The number of nitrogens with one attached hydrogen (secondary N) is 1. The van der Waals surface area contributed by atoms with Crippen LogP contribution in [0.5, 0.6) is 0 Å². The summed E-state index contributed by atoms with van der Waals surface area (Å²) in [6, 6.07) is 2.12. The maximum absolute atomic E-state index is 13.9. The SMILES string of the molecule is C#CCN(CC)S(=O)(=O)c1cc(CNCC)cc(F)c1F. The Hall–Kier alpha value is -1.49. The third-order valence-electron chi connectivity index (χ3n) is 2.87. The molecule has 0 bridgehead atoms. The molecule has 0 atom stereocenters. The van der Waals surface area contributed by atoms with E-state index in [0.29, 0.717) is 12.1 Å². The van der Waals surface area contributed by atoms with Gasteiger partial charge in [-0.1, -0.05) is 19.8 Å². The second-order valence-electron chi connectivity index (χ2n) is 4.31. The predicted molar refractivity (Wildman–Crippen MR) is 77.0 cm³/mol. The molecule has 116 valence electrons. The van der Waals surface area contributed by atoms with E-state index >= 15 is 0 Å². The molecule has 0 saturated heterocycles. The second kappa shape index (κ2) is 7.50. The maximum atomic E-state index is 13.9. The van der Waals surface area contributed by atoms with E-state index in [1.807, 2.05) is 6.92 Å². The van der Waals surface area contributed by atoms with Gasteiger partial charge in [0.15, 0.2) is 11.6 Å².